The highest BCUT2D eigenvalue weighted by atomic mass is 19.1. The molecule has 366 valence electrons. The maximum atomic E-state index is 15.4. The summed E-state index contributed by atoms with van der Waals surface area (Å²) in [5, 5.41) is 12.7. The fraction of sp³-hybridized carbons (Fsp3) is 0.537. The second-order valence-corrected chi connectivity index (χ2v) is 19.4. The number of allylic oxidation sites excluding steroid dienone is 4. The van der Waals surface area contributed by atoms with Gasteiger partial charge in [0.25, 0.3) is 0 Å². The lowest BCUT2D eigenvalue weighted by atomic mass is 9.82. The standard InChI is InChI=1S/C54H74FN9O4/c1-6-25-63(52-14-11-45(33-48(52)55)60-50-13-12-46(66)35-59-53(50)67)31-24-56-34-40-17-27-64(28-18-40)54(68)43-9-7-41(8-10-43)42-19-29-62(30-20-42)39(4)37(2)32-47-38(3)57-23-16-51(47)61(5)26-21-49-44(36-65)15-22-58-49/h7,9,11,14,16,21,23,26,32-33,36,39-40,42,50,56,58,60H,6,8,10,12-13,15,17-20,22,24-25,27-31,34-35H2,1-5H3,(H,59,67)/b26-21-,37-32+. The van der Waals surface area contributed by atoms with E-state index in [0.29, 0.717) is 42.6 Å². The van der Waals surface area contributed by atoms with E-state index in [1.165, 1.54) is 17.2 Å². The molecule has 4 aliphatic heterocycles. The van der Waals surface area contributed by atoms with Crippen molar-refractivity contribution in [3.8, 4) is 0 Å². The zero-order valence-corrected chi connectivity index (χ0v) is 41.0. The summed E-state index contributed by atoms with van der Waals surface area (Å²) in [5.41, 5.74) is 9.63. The van der Waals surface area contributed by atoms with Crippen LogP contribution in [0.25, 0.3) is 6.08 Å². The molecule has 7 rings (SSSR count). The second kappa shape index (κ2) is 24.1. The maximum Gasteiger partial charge on any atom is 0.249 e. The van der Waals surface area contributed by atoms with Crippen molar-refractivity contribution >= 4 is 47.0 Å². The van der Waals surface area contributed by atoms with Crippen molar-refractivity contribution < 1.29 is 23.6 Å². The molecule has 2 aromatic rings. The minimum atomic E-state index is -0.571. The van der Waals surface area contributed by atoms with Crippen molar-refractivity contribution in [2.24, 2.45) is 11.8 Å². The van der Waals surface area contributed by atoms with Crippen LogP contribution in [0.3, 0.4) is 0 Å². The van der Waals surface area contributed by atoms with Crippen LogP contribution >= 0.6 is 0 Å². The van der Waals surface area contributed by atoms with Crippen LogP contribution in [-0.4, -0.2) is 123 Å². The molecule has 1 aromatic heterocycles. The molecule has 0 spiro atoms. The molecule has 1 aromatic carbocycles. The van der Waals surface area contributed by atoms with Gasteiger partial charge in [-0.2, -0.15) is 0 Å². The number of piperidine rings is 2. The van der Waals surface area contributed by atoms with Gasteiger partial charge in [-0.3, -0.25) is 29.1 Å². The Balaban J connectivity index is 0.829. The SMILES string of the molecule is CCCN(CCNCC1CCN(C(=O)C2=CC=C(C3CCN(C(C)/C(C)=C/c4c(N(C)/C=C\C5=C(C=O)CCN5)ccnc4C)CC3)CC2)CC1)c1ccc(NC2CCC(=O)CNC2=O)cc1F. The number of benzene rings is 1. The Hall–Kier alpha value is -5.60. The monoisotopic (exact) mass is 932 g/mol. The Bertz CT molecular complexity index is 2290. The van der Waals surface area contributed by atoms with E-state index >= 15 is 4.39 Å². The van der Waals surface area contributed by atoms with Gasteiger partial charge >= 0.3 is 0 Å². The number of carbonyl (C=O) groups excluding carboxylic acids is 4. The molecule has 0 radical (unpaired) electrons. The zero-order valence-electron chi connectivity index (χ0n) is 41.0. The van der Waals surface area contributed by atoms with Crippen LogP contribution in [0.15, 0.2) is 82.9 Å². The smallest absolute Gasteiger partial charge is 0.249 e. The third kappa shape index (κ3) is 12.9. The van der Waals surface area contributed by atoms with Crippen LogP contribution < -0.4 is 31.1 Å². The third-order valence-corrected chi connectivity index (χ3v) is 14.8. The van der Waals surface area contributed by atoms with Crippen molar-refractivity contribution in [1.82, 2.24) is 30.7 Å². The van der Waals surface area contributed by atoms with Crippen molar-refractivity contribution in [1.29, 1.82) is 0 Å². The van der Waals surface area contributed by atoms with Crippen molar-refractivity contribution in [2.45, 2.75) is 104 Å². The predicted molar refractivity (Wildman–Crippen MR) is 271 cm³/mol. The highest BCUT2D eigenvalue weighted by molar-refractivity contribution is 5.94. The summed E-state index contributed by atoms with van der Waals surface area (Å²) in [4.78, 5) is 62.7. The average Bonchev–Trinajstić information content (AvgIpc) is 3.76. The minimum Gasteiger partial charge on any atom is -0.384 e. The second-order valence-electron chi connectivity index (χ2n) is 19.4. The first-order chi connectivity index (χ1) is 32.9. The first-order valence-corrected chi connectivity index (χ1v) is 25.1. The van der Waals surface area contributed by atoms with Gasteiger partial charge in [-0.1, -0.05) is 36.3 Å². The van der Waals surface area contributed by atoms with E-state index in [0.717, 1.165) is 144 Å². The zero-order chi connectivity index (χ0) is 48.2. The molecule has 4 N–H and O–H groups in total. The molecule has 13 nitrogen and oxygen atoms in total. The van der Waals surface area contributed by atoms with Gasteiger partial charge in [-0.25, -0.2) is 4.39 Å². The van der Waals surface area contributed by atoms with Gasteiger partial charge in [0.1, 0.15) is 18.1 Å². The fourth-order valence-corrected chi connectivity index (χ4v) is 10.4. The molecule has 2 amide bonds. The van der Waals surface area contributed by atoms with Gasteiger partial charge in [0, 0.05) is 105 Å². The van der Waals surface area contributed by atoms with E-state index in [1.807, 2.05) is 36.5 Å². The van der Waals surface area contributed by atoms with Gasteiger partial charge in [-0.05, 0) is 140 Å². The number of rotatable bonds is 19. The Morgan fingerprint density at radius 1 is 0.985 bits per heavy atom. The number of anilines is 3. The Morgan fingerprint density at radius 3 is 2.50 bits per heavy atom. The summed E-state index contributed by atoms with van der Waals surface area (Å²) in [6.07, 6.45) is 21.7. The van der Waals surface area contributed by atoms with Crippen molar-refractivity contribution in [3.05, 3.63) is 100.0 Å². The Morgan fingerprint density at radius 2 is 1.78 bits per heavy atom. The molecule has 68 heavy (non-hydrogen) atoms. The summed E-state index contributed by atoms with van der Waals surface area (Å²) in [7, 11) is 2.04. The number of nitrogens with zero attached hydrogens (tertiary/aromatic N) is 5. The molecule has 14 heteroatoms. The number of aromatic nitrogens is 1. The highest BCUT2D eigenvalue weighted by Crippen LogP contribution is 2.34. The van der Waals surface area contributed by atoms with E-state index in [2.05, 4.69) is 86.9 Å². The first kappa shape index (κ1) is 50.3. The van der Waals surface area contributed by atoms with Crippen LogP contribution in [0.1, 0.15) is 96.2 Å². The lowest BCUT2D eigenvalue weighted by molar-refractivity contribution is -0.128. The van der Waals surface area contributed by atoms with Crippen LogP contribution in [-0.2, 0) is 19.2 Å². The molecule has 2 atom stereocenters. The number of hydrogen-bond donors (Lipinski definition) is 4. The normalized spacial score (nSPS) is 20.7. The van der Waals surface area contributed by atoms with Gasteiger partial charge < -0.3 is 36.0 Å². The molecule has 0 saturated carbocycles. The number of Topliss-reactive ketones (excluding diaryl/α,β-unsaturated/α-hetero) is 1. The summed E-state index contributed by atoms with van der Waals surface area (Å²) in [5.74, 6) is 0.630. The predicted octanol–water partition coefficient (Wildman–Crippen LogP) is 7.08. The largest absolute Gasteiger partial charge is 0.384 e. The van der Waals surface area contributed by atoms with E-state index in [4.69, 9.17) is 0 Å². The Kier molecular flexibility index (Phi) is 17.8. The number of aryl methyl sites for hydroxylation is 1. The number of pyridine rings is 1. The number of aldehydes is 1. The van der Waals surface area contributed by atoms with Gasteiger partial charge in [0.05, 0.1) is 17.9 Å². The molecule has 5 heterocycles. The number of ketones is 1. The summed E-state index contributed by atoms with van der Waals surface area (Å²) < 4.78 is 15.4. The number of likely N-dealkylation sites (tertiary alicyclic amines) is 2. The van der Waals surface area contributed by atoms with E-state index in [-0.39, 0.29) is 36.0 Å². The fourth-order valence-electron chi connectivity index (χ4n) is 10.4. The topological polar surface area (TPSA) is 142 Å². The summed E-state index contributed by atoms with van der Waals surface area (Å²) in [6, 6.07) is 6.77. The lowest BCUT2D eigenvalue weighted by Crippen LogP contribution is -2.42. The molecule has 0 bridgehead atoms. The minimum absolute atomic E-state index is 0.00267. The van der Waals surface area contributed by atoms with E-state index in [1.54, 1.807) is 12.1 Å². The first-order valence-electron chi connectivity index (χ1n) is 25.1. The summed E-state index contributed by atoms with van der Waals surface area (Å²) in [6.45, 7) is 16.1. The van der Waals surface area contributed by atoms with Crippen molar-refractivity contribution in [3.63, 3.8) is 0 Å². The van der Waals surface area contributed by atoms with E-state index in [9.17, 15) is 19.2 Å². The molecule has 2 unspecified atom stereocenters. The highest BCUT2D eigenvalue weighted by Gasteiger charge is 2.30. The van der Waals surface area contributed by atoms with Crippen LogP contribution in [0.4, 0.5) is 21.5 Å². The van der Waals surface area contributed by atoms with Crippen LogP contribution in [0.5, 0.6) is 0 Å². The average molecular weight is 932 g/mol. The quantitative estimate of drug-likeness (QED) is 0.0849. The third-order valence-electron chi connectivity index (χ3n) is 14.8. The number of carbonyl (C=O) groups is 4. The molecular formula is C54H74FN9O4. The van der Waals surface area contributed by atoms with Gasteiger partial charge in [-0.15, -0.1) is 0 Å². The van der Waals surface area contributed by atoms with Gasteiger partial charge in [0.2, 0.25) is 11.8 Å². The van der Waals surface area contributed by atoms with Crippen LogP contribution in [0.2, 0.25) is 0 Å². The summed E-state index contributed by atoms with van der Waals surface area (Å²) >= 11 is 0. The number of halogens is 1. The molecule has 1 aliphatic carbocycles. The molecular weight excluding hydrogens is 858 g/mol. The maximum absolute atomic E-state index is 15.4. The van der Waals surface area contributed by atoms with Crippen molar-refractivity contribution in [2.75, 3.05) is 87.6 Å². The Labute approximate surface area is 403 Å². The van der Waals surface area contributed by atoms with E-state index < -0.39 is 6.04 Å². The molecule has 5 aliphatic rings. The van der Waals surface area contributed by atoms with Crippen LogP contribution in [0, 0.1) is 24.6 Å². The number of amides is 2. The number of nitrogens with one attached hydrogen (secondary N) is 4. The molecule has 3 fully saturated rings. The lowest BCUT2D eigenvalue weighted by Gasteiger charge is -2.38. The number of hydrogen-bond acceptors (Lipinski definition) is 11. The molecule has 3 saturated heterocycles. The van der Waals surface area contributed by atoms with Gasteiger partial charge in [0.15, 0.2) is 5.78 Å².